The van der Waals surface area contributed by atoms with Crippen molar-refractivity contribution < 1.29 is 19.1 Å². The summed E-state index contributed by atoms with van der Waals surface area (Å²) in [5.74, 6) is 0.596. The molecule has 8 heteroatoms. The normalized spacial score (nSPS) is 14.3. The van der Waals surface area contributed by atoms with E-state index in [4.69, 9.17) is 9.47 Å². The van der Waals surface area contributed by atoms with Gasteiger partial charge in [-0.25, -0.2) is 0 Å². The maximum absolute atomic E-state index is 13.1. The summed E-state index contributed by atoms with van der Waals surface area (Å²) in [4.78, 5) is 38.4. The van der Waals surface area contributed by atoms with Gasteiger partial charge >= 0.3 is 0 Å². The molecule has 1 N–H and O–H groups in total. The molecule has 2 heterocycles. The molecule has 0 bridgehead atoms. The number of benzene rings is 1. The predicted molar refractivity (Wildman–Crippen MR) is 113 cm³/mol. The number of hydrogen-bond donors (Lipinski definition) is 1. The lowest BCUT2D eigenvalue weighted by Crippen LogP contribution is -2.38. The van der Waals surface area contributed by atoms with Crippen molar-refractivity contribution in [3.8, 4) is 11.5 Å². The second-order valence-electron chi connectivity index (χ2n) is 7.42. The van der Waals surface area contributed by atoms with E-state index < -0.39 is 0 Å². The molecule has 1 aliphatic rings. The summed E-state index contributed by atoms with van der Waals surface area (Å²) in [6.45, 7) is 2.56. The van der Waals surface area contributed by atoms with Crippen LogP contribution in [0.1, 0.15) is 41.6 Å². The average Bonchev–Trinajstić information content (AvgIpc) is 2.74. The number of amides is 2. The Kier molecular flexibility index (Phi) is 6.44. The Hall–Kier alpha value is -3.29. The first kappa shape index (κ1) is 21.4. The number of aryl methyl sites for hydroxylation is 1. The van der Waals surface area contributed by atoms with Gasteiger partial charge in [0.05, 0.1) is 19.9 Å². The largest absolute Gasteiger partial charge is 0.493 e. The lowest BCUT2D eigenvalue weighted by Gasteiger charge is -2.32. The predicted octanol–water partition coefficient (Wildman–Crippen LogP) is 2.38. The summed E-state index contributed by atoms with van der Waals surface area (Å²) in [6.07, 6.45) is 3.35. The number of rotatable bonds is 5. The van der Waals surface area contributed by atoms with Crippen molar-refractivity contribution >= 4 is 17.5 Å². The smallest absolute Gasteiger partial charge is 0.254 e. The van der Waals surface area contributed by atoms with Gasteiger partial charge in [-0.2, -0.15) is 0 Å². The summed E-state index contributed by atoms with van der Waals surface area (Å²) < 4.78 is 12.2. The minimum absolute atomic E-state index is 0.0261. The molecule has 0 aliphatic carbocycles. The van der Waals surface area contributed by atoms with Crippen LogP contribution in [0.5, 0.6) is 11.5 Å². The van der Waals surface area contributed by atoms with Crippen LogP contribution in [0.4, 0.5) is 5.69 Å². The number of nitrogens with one attached hydrogen (secondary N) is 1. The number of pyridine rings is 1. The van der Waals surface area contributed by atoms with E-state index >= 15 is 0 Å². The summed E-state index contributed by atoms with van der Waals surface area (Å²) in [5.41, 5.74) is 1.80. The zero-order valence-electron chi connectivity index (χ0n) is 17.7. The standard InChI is InChI=1S/C22H27N3O5/c1-14(26)23-18-11-17(12-19(29-3)21(18)30-4)22(28)25-9-6-15(7-10-25)16-5-8-24(2)20(27)13-16/h5,8,11-13,15H,6-7,9-10H2,1-4H3,(H,23,26). The lowest BCUT2D eigenvalue weighted by molar-refractivity contribution is -0.114. The molecule has 0 atom stereocenters. The lowest BCUT2D eigenvalue weighted by atomic mass is 9.90. The Bertz CT molecular complexity index is 1010. The average molecular weight is 413 g/mol. The first-order valence-corrected chi connectivity index (χ1v) is 9.83. The van der Waals surface area contributed by atoms with E-state index in [1.807, 2.05) is 6.07 Å². The molecular weight excluding hydrogens is 386 g/mol. The van der Waals surface area contributed by atoms with Gasteiger partial charge in [-0.05, 0) is 42.5 Å². The number of carbonyl (C=O) groups is 2. The zero-order valence-corrected chi connectivity index (χ0v) is 17.7. The molecular formula is C22H27N3O5. The summed E-state index contributed by atoms with van der Waals surface area (Å²) in [5, 5.41) is 2.69. The van der Waals surface area contributed by atoms with Crippen molar-refractivity contribution in [2.45, 2.75) is 25.7 Å². The fourth-order valence-corrected chi connectivity index (χ4v) is 3.79. The number of carbonyl (C=O) groups excluding carboxylic acids is 2. The highest BCUT2D eigenvalue weighted by Crippen LogP contribution is 2.37. The van der Waals surface area contributed by atoms with E-state index in [1.165, 1.54) is 21.1 Å². The topological polar surface area (TPSA) is 89.9 Å². The summed E-state index contributed by atoms with van der Waals surface area (Å²) >= 11 is 0. The molecule has 30 heavy (non-hydrogen) atoms. The molecule has 1 aromatic carbocycles. The first-order chi connectivity index (χ1) is 14.3. The van der Waals surface area contributed by atoms with Gasteiger partial charge in [0.15, 0.2) is 11.5 Å². The molecule has 2 amide bonds. The van der Waals surface area contributed by atoms with Gasteiger partial charge < -0.3 is 24.3 Å². The van der Waals surface area contributed by atoms with Crippen LogP contribution >= 0.6 is 0 Å². The third-order valence-electron chi connectivity index (χ3n) is 5.42. The zero-order chi connectivity index (χ0) is 21.8. The minimum Gasteiger partial charge on any atom is -0.493 e. The molecule has 3 rings (SSSR count). The second kappa shape index (κ2) is 9.02. The van der Waals surface area contributed by atoms with E-state index in [2.05, 4.69) is 5.32 Å². The van der Waals surface area contributed by atoms with Crippen molar-refractivity contribution in [2.24, 2.45) is 7.05 Å². The highest BCUT2D eigenvalue weighted by atomic mass is 16.5. The van der Waals surface area contributed by atoms with Crippen molar-refractivity contribution in [2.75, 3.05) is 32.6 Å². The molecule has 1 aliphatic heterocycles. The molecule has 0 saturated carbocycles. The molecule has 0 unspecified atom stereocenters. The SMILES string of the molecule is COc1cc(C(=O)N2CCC(c3ccn(C)c(=O)c3)CC2)cc(NC(C)=O)c1OC. The molecule has 1 fully saturated rings. The molecule has 2 aromatic rings. The Morgan fingerprint density at radius 2 is 1.80 bits per heavy atom. The third kappa shape index (κ3) is 4.48. The number of ether oxygens (including phenoxy) is 2. The highest BCUT2D eigenvalue weighted by molar-refractivity contribution is 5.99. The van der Waals surface area contributed by atoms with Crippen LogP contribution in [0.25, 0.3) is 0 Å². The van der Waals surface area contributed by atoms with Gasteiger partial charge in [0, 0.05) is 44.9 Å². The molecule has 1 saturated heterocycles. The van der Waals surface area contributed by atoms with Crippen molar-refractivity contribution in [3.05, 3.63) is 51.9 Å². The number of likely N-dealkylation sites (tertiary alicyclic amines) is 1. The van der Waals surface area contributed by atoms with E-state index in [0.717, 1.165) is 18.4 Å². The van der Waals surface area contributed by atoms with Gasteiger partial charge in [0.25, 0.3) is 11.5 Å². The van der Waals surface area contributed by atoms with Gasteiger partial charge in [-0.15, -0.1) is 0 Å². The van der Waals surface area contributed by atoms with Crippen LogP contribution in [-0.2, 0) is 11.8 Å². The van der Waals surface area contributed by atoms with Gasteiger partial charge in [0.2, 0.25) is 5.91 Å². The fourth-order valence-electron chi connectivity index (χ4n) is 3.79. The number of aromatic nitrogens is 1. The molecule has 160 valence electrons. The van der Waals surface area contributed by atoms with Gasteiger partial charge in [-0.1, -0.05) is 0 Å². The van der Waals surface area contributed by atoms with Crippen molar-refractivity contribution in [1.82, 2.24) is 9.47 Å². The Labute approximate surface area is 175 Å². The van der Waals surface area contributed by atoms with Crippen LogP contribution in [0, 0.1) is 0 Å². The number of anilines is 1. The Morgan fingerprint density at radius 3 is 2.37 bits per heavy atom. The number of methoxy groups -OCH3 is 2. The van der Waals surface area contributed by atoms with Gasteiger partial charge in [0.1, 0.15) is 0 Å². The third-order valence-corrected chi connectivity index (χ3v) is 5.42. The van der Waals surface area contributed by atoms with Crippen LogP contribution in [0.3, 0.4) is 0 Å². The fraction of sp³-hybridized carbons (Fsp3) is 0.409. The van der Waals surface area contributed by atoms with E-state index in [9.17, 15) is 14.4 Å². The van der Waals surface area contributed by atoms with Crippen LogP contribution in [0.15, 0.2) is 35.3 Å². The quantitative estimate of drug-likeness (QED) is 0.813. The summed E-state index contributed by atoms with van der Waals surface area (Å²) in [7, 11) is 4.69. The summed E-state index contributed by atoms with van der Waals surface area (Å²) in [6, 6.07) is 6.88. The van der Waals surface area contributed by atoms with Crippen LogP contribution in [-0.4, -0.2) is 48.6 Å². The Morgan fingerprint density at radius 1 is 1.10 bits per heavy atom. The number of piperidine rings is 1. The van der Waals surface area contributed by atoms with Crippen molar-refractivity contribution in [1.29, 1.82) is 0 Å². The molecule has 1 aromatic heterocycles. The van der Waals surface area contributed by atoms with E-state index in [0.29, 0.717) is 35.8 Å². The monoisotopic (exact) mass is 413 g/mol. The maximum atomic E-state index is 13.1. The van der Waals surface area contributed by atoms with E-state index in [-0.39, 0.29) is 23.3 Å². The Balaban J connectivity index is 1.78. The maximum Gasteiger partial charge on any atom is 0.254 e. The van der Waals surface area contributed by atoms with Crippen molar-refractivity contribution in [3.63, 3.8) is 0 Å². The number of hydrogen-bond acceptors (Lipinski definition) is 5. The van der Waals surface area contributed by atoms with Crippen LogP contribution < -0.4 is 20.3 Å². The highest BCUT2D eigenvalue weighted by Gasteiger charge is 2.26. The minimum atomic E-state index is -0.269. The van der Waals surface area contributed by atoms with Crippen LogP contribution in [0.2, 0.25) is 0 Å². The molecule has 8 nitrogen and oxygen atoms in total. The molecule has 0 spiro atoms. The second-order valence-corrected chi connectivity index (χ2v) is 7.42. The van der Waals surface area contributed by atoms with Gasteiger partial charge in [-0.3, -0.25) is 14.4 Å². The first-order valence-electron chi connectivity index (χ1n) is 9.83. The molecule has 0 radical (unpaired) electrons. The van der Waals surface area contributed by atoms with E-state index in [1.54, 1.807) is 40.9 Å². The number of nitrogens with zero attached hydrogens (tertiary/aromatic N) is 2.